The SMILES string of the molecule is COc1ccc(/C=C2/C[C@@]3(C)[C@@H](CC[C@@H]4[C@H]3CC[C@]3(C)CCC[C@@H]43)CC2=O)cc1. The maximum Gasteiger partial charge on any atom is 0.159 e. The highest BCUT2D eigenvalue weighted by Crippen LogP contribution is 2.66. The summed E-state index contributed by atoms with van der Waals surface area (Å²) in [5.41, 5.74) is 3.10. The Bertz CT molecular complexity index is 821. The molecule has 4 fully saturated rings. The minimum absolute atomic E-state index is 0.305. The van der Waals surface area contributed by atoms with E-state index in [1.165, 1.54) is 44.9 Å². The number of carbonyl (C=O) groups is 1. The predicted molar refractivity (Wildman–Crippen MR) is 118 cm³/mol. The normalized spacial score (nSPS) is 42.9. The molecule has 2 nitrogen and oxygen atoms in total. The lowest BCUT2D eigenvalue weighted by Gasteiger charge is -2.60. The fraction of sp³-hybridized carbons (Fsp3) is 0.667. The molecule has 0 saturated heterocycles. The second-order valence-corrected chi connectivity index (χ2v) is 11.0. The number of ether oxygens (including phenoxy) is 1. The summed E-state index contributed by atoms with van der Waals surface area (Å²) >= 11 is 0. The third kappa shape index (κ3) is 3.09. The van der Waals surface area contributed by atoms with Crippen LogP contribution in [0.15, 0.2) is 29.8 Å². The molecule has 0 N–H and O–H groups in total. The van der Waals surface area contributed by atoms with E-state index in [0.717, 1.165) is 47.5 Å². The van der Waals surface area contributed by atoms with Gasteiger partial charge in [-0.1, -0.05) is 32.4 Å². The van der Waals surface area contributed by atoms with Gasteiger partial charge >= 0.3 is 0 Å². The first-order valence-corrected chi connectivity index (χ1v) is 11.8. The number of benzene rings is 1. The monoisotopic (exact) mass is 392 g/mol. The molecule has 0 aliphatic heterocycles. The summed E-state index contributed by atoms with van der Waals surface area (Å²) in [5, 5.41) is 0. The van der Waals surface area contributed by atoms with Gasteiger partial charge in [0.05, 0.1) is 7.11 Å². The van der Waals surface area contributed by atoms with Gasteiger partial charge < -0.3 is 4.74 Å². The zero-order valence-corrected chi connectivity index (χ0v) is 18.4. The van der Waals surface area contributed by atoms with Crippen molar-refractivity contribution in [2.45, 2.75) is 71.6 Å². The largest absolute Gasteiger partial charge is 0.497 e. The Labute approximate surface area is 176 Å². The Balaban J connectivity index is 1.43. The summed E-state index contributed by atoms with van der Waals surface area (Å²) in [6.45, 7) is 5.12. The van der Waals surface area contributed by atoms with Crippen LogP contribution in [0, 0.1) is 34.5 Å². The molecule has 0 aromatic heterocycles. The van der Waals surface area contributed by atoms with E-state index in [0.29, 0.717) is 22.5 Å². The van der Waals surface area contributed by atoms with Crippen LogP contribution >= 0.6 is 0 Å². The van der Waals surface area contributed by atoms with E-state index < -0.39 is 0 Å². The Kier molecular flexibility index (Phi) is 4.68. The number of rotatable bonds is 2. The number of allylic oxidation sites excluding steroid dienone is 1. The van der Waals surface area contributed by atoms with Crippen LogP contribution in [-0.4, -0.2) is 12.9 Å². The molecule has 2 heteroatoms. The topological polar surface area (TPSA) is 26.3 Å². The molecule has 4 aliphatic rings. The molecule has 0 bridgehead atoms. The average Bonchev–Trinajstić information content (AvgIpc) is 3.11. The number of ketones is 1. The van der Waals surface area contributed by atoms with E-state index in [2.05, 4.69) is 32.1 Å². The van der Waals surface area contributed by atoms with Gasteiger partial charge in [-0.05, 0) is 109 Å². The summed E-state index contributed by atoms with van der Waals surface area (Å²) in [4.78, 5) is 13.0. The quantitative estimate of drug-likeness (QED) is 0.524. The summed E-state index contributed by atoms with van der Waals surface area (Å²) in [6, 6.07) is 8.12. The minimum Gasteiger partial charge on any atom is -0.497 e. The van der Waals surface area contributed by atoms with Crippen LogP contribution < -0.4 is 4.74 Å². The van der Waals surface area contributed by atoms with Gasteiger partial charge in [-0.3, -0.25) is 4.79 Å². The van der Waals surface area contributed by atoms with E-state index in [1.807, 2.05) is 12.1 Å². The van der Waals surface area contributed by atoms with Crippen LogP contribution in [0.25, 0.3) is 6.08 Å². The molecular formula is C27H36O2. The smallest absolute Gasteiger partial charge is 0.159 e. The molecule has 6 atom stereocenters. The average molecular weight is 393 g/mol. The molecular weight excluding hydrogens is 356 g/mol. The van der Waals surface area contributed by atoms with Gasteiger partial charge in [0.15, 0.2) is 5.78 Å². The molecule has 0 amide bonds. The highest BCUT2D eigenvalue weighted by atomic mass is 16.5. The number of carbonyl (C=O) groups excluding carboxylic acids is 1. The Morgan fingerprint density at radius 2 is 1.79 bits per heavy atom. The highest BCUT2D eigenvalue weighted by Gasteiger charge is 2.58. The van der Waals surface area contributed by atoms with E-state index in [-0.39, 0.29) is 0 Å². The molecule has 0 unspecified atom stereocenters. The third-order valence-electron chi connectivity index (χ3n) is 9.66. The van der Waals surface area contributed by atoms with Crippen LogP contribution in [0.1, 0.15) is 77.2 Å². The first-order valence-electron chi connectivity index (χ1n) is 11.8. The number of hydrogen-bond donors (Lipinski definition) is 0. The Morgan fingerprint density at radius 1 is 1.00 bits per heavy atom. The van der Waals surface area contributed by atoms with Crippen LogP contribution in [-0.2, 0) is 4.79 Å². The van der Waals surface area contributed by atoms with Gasteiger partial charge in [-0.25, -0.2) is 0 Å². The van der Waals surface area contributed by atoms with Crippen LogP contribution in [0.4, 0.5) is 0 Å². The summed E-state index contributed by atoms with van der Waals surface area (Å²) in [6.07, 6.45) is 13.7. The number of hydrogen-bond acceptors (Lipinski definition) is 2. The lowest BCUT2D eigenvalue weighted by Crippen LogP contribution is -2.53. The van der Waals surface area contributed by atoms with Crippen molar-refractivity contribution in [3.63, 3.8) is 0 Å². The standard InChI is InChI=1S/C27H36O2/c1-26-13-4-5-23(26)22-11-8-20-16-25(28)19(17-27(20,2)24(22)12-14-26)15-18-6-9-21(29-3)10-7-18/h6-7,9-10,15,20,22-24H,4-5,8,11-14,16-17H2,1-3H3/b19-15-/t20-,22-,23-,24+,26-,27-/m0/s1. The Hall–Kier alpha value is -1.57. The van der Waals surface area contributed by atoms with Crippen LogP contribution in [0.3, 0.4) is 0 Å². The molecule has 156 valence electrons. The highest BCUT2D eigenvalue weighted by molar-refractivity contribution is 6.00. The lowest BCUT2D eigenvalue weighted by atomic mass is 9.45. The van der Waals surface area contributed by atoms with Crippen molar-refractivity contribution in [1.29, 1.82) is 0 Å². The van der Waals surface area contributed by atoms with Gasteiger partial charge in [0.25, 0.3) is 0 Å². The maximum absolute atomic E-state index is 13.0. The van der Waals surface area contributed by atoms with Gasteiger partial charge in [0.1, 0.15) is 5.75 Å². The molecule has 4 aliphatic carbocycles. The Morgan fingerprint density at radius 3 is 2.55 bits per heavy atom. The summed E-state index contributed by atoms with van der Waals surface area (Å²) in [7, 11) is 1.69. The fourth-order valence-corrected chi connectivity index (χ4v) is 8.04. The van der Waals surface area contributed by atoms with Crippen molar-refractivity contribution in [2.75, 3.05) is 7.11 Å². The van der Waals surface area contributed by atoms with Crippen molar-refractivity contribution in [2.24, 2.45) is 34.5 Å². The number of Topliss-reactive ketones (excluding diaryl/α,β-unsaturated/α-hetero) is 1. The molecule has 0 heterocycles. The molecule has 29 heavy (non-hydrogen) atoms. The van der Waals surface area contributed by atoms with E-state index in [1.54, 1.807) is 7.11 Å². The molecule has 4 saturated carbocycles. The zero-order chi connectivity index (χ0) is 20.2. The van der Waals surface area contributed by atoms with Gasteiger partial charge in [-0.15, -0.1) is 0 Å². The van der Waals surface area contributed by atoms with Crippen molar-refractivity contribution < 1.29 is 9.53 Å². The van der Waals surface area contributed by atoms with Gasteiger partial charge in [0.2, 0.25) is 0 Å². The van der Waals surface area contributed by atoms with E-state index in [4.69, 9.17) is 4.74 Å². The second kappa shape index (κ2) is 7.00. The van der Waals surface area contributed by atoms with Crippen molar-refractivity contribution in [3.8, 4) is 5.75 Å². The minimum atomic E-state index is 0.305. The molecule has 5 rings (SSSR count). The van der Waals surface area contributed by atoms with Crippen LogP contribution in [0.5, 0.6) is 5.75 Å². The first-order chi connectivity index (χ1) is 13.9. The van der Waals surface area contributed by atoms with Gasteiger partial charge in [-0.2, -0.15) is 0 Å². The summed E-state index contributed by atoms with van der Waals surface area (Å²) in [5.74, 6) is 4.49. The summed E-state index contributed by atoms with van der Waals surface area (Å²) < 4.78 is 5.28. The molecule has 0 spiro atoms. The van der Waals surface area contributed by atoms with Crippen LogP contribution in [0.2, 0.25) is 0 Å². The van der Waals surface area contributed by atoms with Crippen molar-refractivity contribution >= 4 is 11.9 Å². The molecule has 1 aromatic carbocycles. The predicted octanol–water partition coefficient (Wildman–Crippen LogP) is 6.69. The molecule has 0 radical (unpaired) electrons. The van der Waals surface area contributed by atoms with Crippen molar-refractivity contribution in [1.82, 2.24) is 0 Å². The second-order valence-electron chi connectivity index (χ2n) is 11.0. The van der Waals surface area contributed by atoms with Gasteiger partial charge in [0, 0.05) is 6.42 Å². The maximum atomic E-state index is 13.0. The first kappa shape index (κ1) is 19.4. The van der Waals surface area contributed by atoms with E-state index >= 15 is 0 Å². The third-order valence-corrected chi connectivity index (χ3v) is 9.66. The zero-order valence-electron chi connectivity index (χ0n) is 18.4. The number of fused-ring (bicyclic) bond motifs is 5. The number of methoxy groups -OCH3 is 1. The molecule has 1 aromatic rings. The fourth-order valence-electron chi connectivity index (χ4n) is 8.04. The van der Waals surface area contributed by atoms with Crippen molar-refractivity contribution in [3.05, 3.63) is 35.4 Å². The lowest BCUT2D eigenvalue weighted by molar-refractivity contribution is -0.130. The van der Waals surface area contributed by atoms with E-state index in [9.17, 15) is 4.79 Å².